The van der Waals surface area contributed by atoms with Crippen LogP contribution < -0.4 is 5.32 Å². The number of esters is 1. The molecule has 134 valence electrons. The molecule has 9 nitrogen and oxygen atoms in total. The van der Waals surface area contributed by atoms with Crippen LogP contribution in [-0.4, -0.2) is 34.7 Å². The number of pyridine rings is 1. The number of nitrogens with zero attached hydrogens (tertiary/aromatic N) is 3. The summed E-state index contributed by atoms with van der Waals surface area (Å²) in [5.41, 5.74) is 1.65. The van der Waals surface area contributed by atoms with Gasteiger partial charge in [-0.1, -0.05) is 12.1 Å². The summed E-state index contributed by atoms with van der Waals surface area (Å²) in [5, 5.41) is 18.3. The highest BCUT2D eigenvalue weighted by Gasteiger charge is 2.28. The molecule has 0 aliphatic heterocycles. The first-order valence-corrected chi connectivity index (χ1v) is 7.67. The van der Waals surface area contributed by atoms with Crippen LogP contribution in [0.2, 0.25) is 0 Å². The van der Waals surface area contributed by atoms with Gasteiger partial charge in [0.2, 0.25) is 5.82 Å². The highest BCUT2D eigenvalue weighted by molar-refractivity contribution is 5.96. The van der Waals surface area contributed by atoms with Crippen LogP contribution in [0, 0.1) is 30.9 Å². The van der Waals surface area contributed by atoms with E-state index >= 15 is 0 Å². The van der Waals surface area contributed by atoms with Gasteiger partial charge in [0.1, 0.15) is 11.3 Å². The Kier molecular flexibility index (Phi) is 5.35. The second-order valence-electron chi connectivity index (χ2n) is 5.78. The molecule has 25 heavy (non-hydrogen) atoms. The molecule has 0 aliphatic carbocycles. The van der Waals surface area contributed by atoms with Gasteiger partial charge in [0.25, 0.3) is 0 Å². The number of carbonyl (C=O) groups excluding carboxylic acids is 1. The Morgan fingerprint density at radius 1 is 1.44 bits per heavy atom. The quantitative estimate of drug-likeness (QED) is 0.480. The predicted octanol–water partition coefficient (Wildman–Crippen LogP) is 2.91. The van der Waals surface area contributed by atoms with Crippen molar-refractivity contribution in [3.8, 4) is 0 Å². The molecule has 0 amide bonds. The fourth-order valence-corrected chi connectivity index (χ4v) is 2.79. The van der Waals surface area contributed by atoms with Crippen LogP contribution in [0.5, 0.6) is 0 Å². The third-order valence-electron chi connectivity index (χ3n) is 3.87. The number of methoxy groups -OCH3 is 1. The molecule has 9 heteroatoms. The van der Waals surface area contributed by atoms with Gasteiger partial charge in [-0.2, -0.15) is 0 Å². The Bertz CT molecular complexity index is 796. The summed E-state index contributed by atoms with van der Waals surface area (Å²) < 4.78 is 9.79. The Labute approximate surface area is 144 Å². The largest absolute Gasteiger partial charge is 0.465 e. The lowest BCUT2D eigenvalue weighted by molar-refractivity contribution is -0.384. The first kappa shape index (κ1) is 18.4. The maximum Gasteiger partial charge on any atom is 0.345 e. The highest BCUT2D eigenvalue weighted by Crippen LogP contribution is 2.30. The average molecular weight is 348 g/mol. The third kappa shape index (κ3) is 3.76. The number of rotatable bonds is 6. The van der Waals surface area contributed by atoms with E-state index in [1.165, 1.54) is 13.2 Å². The van der Waals surface area contributed by atoms with E-state index in [0.29, 0.717) is 18.0 Å². The molecular formula is C16H20N4O5. The minimum atomic E-state index is -0.779. The van der Waals surface area contributed by atoms with Gasteiger partial charge in [-0.25, -0.2) is 9.78 Å². The summed E-state index contributed by atoms with van der Waals surface area (Å²) in [5.74, 6) is -0.0634. The lowest BCUT2D eigenvalue weighted by Crippen LogP contribution is -2.16. The van der Waals surface area contributed by atoms with Gasteiger partial charge < -0.3 is 14.6 Å². The van der Waals surface area contributed by atoms with E-state index < -0.39 is 16.6 Å². The van der Waals surface area contributed by atoms with E-state index in [4.69, 9.17) is 4.52 Å². The molecule has 0 bridgehead atoms. The lowest BCUT2D eigenvalue weighted by Gasteiger charge is -2.14. The Morgan fingerprint density at radius 2 is 2.12 bits per heavy atom. The van der Waals surface area contributed by atoms with Crippen molar-refractivity contribution in [3.05, 3.63) is 44.5 Å². The zero-order valence-corrected chi connectivity index (χ0v) is 14.7. The van der Waals surface area contributed by atoms with Gasteiger partial charge >= 0.3 is 11.7 Å². The smallest absolute Gasteiger partial charge is 0.345 e. The van der Waals surface area contributed by atoms with Crippen LogP contribution in [0.15, 0.2) is 10.6 Å². The number of aromatic nitrogens is 2. The standard InChI is InChI=1S/C16H20N4O5/c1-8(13-10(3)19-25-11(13)4)7-17-15-14(20(22)23)12(16(21)24-5)6-9(2)18-15/h6,8H,7H2,1-5H3,(H,17,18)/t8-/m1/s1. The van der Waals surface area contributed by atoms with Crippen LogP contribution in [0.1, 0.15) is 45.9 Å². The van der Waals surface area contributed by atoms with Crippen molar-refractivity contribution in [2.75, 3.05) is 19.0 Å². The highest BCUT2D eigenvalue weighted by atomic mass is 16.6. The van der Waals surface area contributed by atoms with Gasteiger partial charge in [-0.05, 0) is 26.8 Å². The number of hydrogen-bond donors (Lipinski definition) is 1. The summed E-state index contributed by atoms with van der Waals surface area (Å²) in [6, 6.07) is 1.34. The normalized spacial score (nSPS) is 11.9. The summed E-state index contributed by atoms with van der Waals surface area (Å²) in [7, 11) is 1.18. The molecule has 2 heterocycles. The number of aryl methyl sites for hydroxylation is 3. The molecule has 0 unspecified atom stereocenters. The predicted molar refractivity (Wildman–Crippen MR) is 89.8 cm³/mol. The van der Waals surface area contributed by atoms with E-state index in [9.17, 15) is 14.9 Å². The van der Waals surface area contributed by atoms with Gasteiger partial charge in [0, 0.05) is 23.7 Å². The van der Waals surface area contributed by atoms with E-state index in [-0.39, 0.29) is 17.3 Å². The topological polar surface area (TPSA) is 120 Å². The molecule has 1 N–H and O–H groups in total. The van der Waals surface area contributed by atoms with Crippen molar-refractivity contribution < 1.29 is 19.0 Å². The van der Waals surface area contributed by atoms with E-state index in [2.05, 4.69) is 20.2 Å². The number of ether oxygens (including phenoxy) is 1. The monoisotopic (exact) mass is 348 g/mol. The zero-order valence-electron chi connectivity index (χ0n) is 14.7. The molecule has 0 aliphatic rings. The van der Waals surface area contributed by atoms with Crippen molar-refractivity contribution in [2.45, 2.75) is 33.6 Å². The third-order valence-corrected chi connectivity index (χ3v) is 3.87. The number of nitrogens with one attached hydrogen (secondary N) is 1. The number of hydrogen-bond acceptors (Lipinski definition) is 8. The SMILES string of the molecule is COC(=O)c1cc(C)nc(NC[C@@H](C)c2c(C)noc2C)c1[N+](=O)[O-]. The van der Waals surface area contributed by atoms with Crippen LogP contribution in [-0.2, 0) is 4.74 Å². The van der Waals surface area contributed by atoms with Crippen molar-refractivity contribution in [1.82, 2.24) is 10.1 Å². The molecule has 0 fully saturated rings. The molecule has 2 rings (SSSR count). The van der Waals surface area contributed by atoms with Gasteiger partial charge in [0.05, 0.1) is 17.7 Å². The van der Waals surface area contributed by atoms with Gasteiger partial charge in [0.15, 0.2) is 0 Å². The summed E-state index contributed by atoms with van der Waals surface area (Å²) >= 11 is 0. The van der Waals surface area contributed by atoms with E-state index in [1.807, 2.05) is 20.8 Å². The molecular weight excluding hydrogens is 328 g/mol. The van der Waals surface area contributed by atoms with Crippen LogP contribution in [0.3, 0.4) is 0 Å². The molecule has 0 aromatic carbocycles. The fraction of sp³-hybridized carbons (Fsp3) is 0.438. The second kappa shape index (κ2) is 7.29. The van der Waals surface area contributed by atoms with Crippen molar-refractivity contribution in [1.29, 1.82) is 0 Å². The molecule has 0 saturated heterocycles. The zero-order chi connectivity index (χ0) is 18.7. The first-order valence-electron chi connectivity index (χ1n) is 7.67. The summed E-state index contributed by atoms with van der Waals surface area (Å²) in [6.07, 6.45) is 0. The molecule has 0 saturated carbocycles. The minimum absolute atomic E-state index is 0.0188. The molecule has 0 spiro atoms. The van der Waals surface area contributed by atoms with E-state index in [1.54, 1.807) is 6.92 Å². The Morgan fingerprint density at radius 3 is 2.64 bits per heavy atom. The van der Waals surface area contributed by atoms with Gasteiger partial charge in [-0.15, -0.1) is 0 Å². The molecule has 1 atom stereocenters. The second-order valence-corrected chi connectivity index (χ2v) is 5.78. The van der Waals surface area contributed by atoms with Crippen molar-refractivity contribution in [3.63, 3.8) is 0 Å². The van der Waals surface area contributed by atoms with Crippen LogP contribution in [0.25, 0.3) is 0 Å². The maximum absolute atomic E-state index is 11.9. The van der Waals surface area contributed by atoms with Crippen LogP contribution >= 0.6 is 0 Å². The molecule has 2 aromatic heterocycles. The average Bonchev–Trinajstić information content (AvgIpc) is 2.89. The summed E-state index contributed by atoms with van der Waals surface area (Å²) in [4.78, 5) is 26.8. The maximum atomic E-state index is 11.9. The number of carbonyl (C=O) groups is 1. The Hall–Kier alpha value is -2.97. The fourth-order valence-electron chi connectivity index (χ4n) is 2.79. The van der Waals surface area contributed by atoms with Crippen molar-refractivity contribution in [2.24, 2.45) is 0 Å². The van der Waals surface area contributed by atoms with Crippen molar-refractivity contribution >= 4 is 17.5 Å². The summed E-state index contributed by atoms with van der Waals surface area (Å²) in [6.45, 7) is 7.61. The minimum Gasteiger partial charge on any atom is -0.465 e. The van der Waals surface area contributed by atoms with Gasteiger partial charge in [-0.3, -0.25) is 10.1 Å². The lowest BCUT2D eigenvalue weighted by atomic mass is 9.99. The molecule has 2 aromatic rings. The first-order chi connectivity index (χ1) is 11.8. The Balaban J connectivity index is 2.34. The number of anilines is 1. The number of nitro groups is 1. The van der Waals surface area contributed by atoms with Crippen LogP contribution in [0.4, 0.5) is 11.5 Å². The molecule has 0 radical (unpaired) electrons. The van der Waals surface area contributed by atoms with E-state index in [0.717, 1.165) is 11.3 Å².